The summed E-state index contributed by atoms with van der Waals surface area (Å²) in [5.41, 5.74) is 0.176. The number of fused-ring (bicyclic) bond motifs is 1. The monoisotopic (exact) mass is 197 g/mol. The molecular weight excluding hydrogens is 190 g/mol. The zero-order valence-electron chi connectivity index (χ0n) is 7.11. The van der Waals surface area contributed by atoms with Gasteiger partial charge < -0.3 is 0 Å². The fraction of sp³-hybridized carbons (Fsp3) is 0.333. The number of H-pyrrole nitrogens is 1. The number of aromatic amines is 1. The van der Waals surface area contributed by atoms with Crippen LogP contribution in [0.4, 0.5) is 0 Å². The summed E-state index contributed by atoms with van der Waals surface area (Å²) in [5, 5.41) is 12.3. The smallest absolute Gasteiger partial charge is 0.273 e. The van der Waals surface area contributed by atoms with Gasteiger partial charge in [-0.2, -0.15) is 9.61 Å². The number of hydrogen-bond acceptors (Lipinski definition) is 5. The first-order valence-electron chi connectivity index (χ1n) is 3.58. The van der Waals surface area contributed by atoms with Gasteiger partial charge in [0.1, 0.15) is 5.69 Å². The fourth-order valence-electron chi connectivity index (χ4n) is 0.948. The highest BCUT2D eigenvalue weighted by atomic mass is 32.2. The maximum Gasteiger partial charge on any atom is 0.273 e. The lowest BCUT2D eigenvalue weighted by Crippen LogP contribution is -2.15. The van der Waals surface area contributed by atoms with Gasteiger partial charge in [0.15, 0.2) is 0 Å². The summed E-state index contributed by atoms with van der Waals surface area (Å²) >= 11 is 1.42. The molecule has 0 saturated carbocycles. The molecule has 0 bridgehead atoms. The molecule has 0 amide bonds. The molecule has 0 spiro atoms. The Morgan fingerprint density at radius 3 is 2.92 bits per heavy atom. The average Bonchev–Trinajstić information content (AvgIpc) is 2.48. The number of nitrogens with one attached hydrogen (secondary N) is 1. The summed E-state index contributed by atoms with van der Waals surface area (Å²) in [6.45, 7) is 1.64. The molecular formula is C6H7N5OS. The normalized spacial score (nSPS) is 10.9. The lowest BCUT2D eigenvalue weighted by Gasteiger charge is -1.94. The molecule has 0 fully saturated rings. The van der Waals surface area contributed by atoms with Crippen LogP contribution >= 0.6 is 11.8 Å². The Labute approximate surface area is 77.4 Å². The summed E-state index contributed by atoms with van der Waals surface area (Å²) in [6.07, 6.45) is 1.87. The summed E-state index contributed by atoms with van der Waals surface area (Å²) in [4.78, 5) is 13.7. The minimum atomic E-state index is -0.229. The Hall–Kier alpha value is -1.37. The molecule has 2 aromatic heterocycles. The minimum absolute atomic E-state index is 0.229. The Balaban J connectivity index is 2.84. The summed E-state index contributed by atoms with van der Waals surface area (Å²) in [7, 11) is 0. The molecule has 7 heteroatoms. The van der Waals surface area contributed by atoms with Crippen LogP contribution in [0.3, 0.4) is 0 Å². The second-order valence-corrected chi connectivity index (χ2v) is 3.24. The highest BCUT2D eigenvalue weighted by Gasteiger charge is 2.06. The van der Waals surface area contributed by atoms with Gasteiger partial charge in [0, 0.05) is 0 Å². The highest BCUT2D eigenvalue weighted by molar-refractivity contribution is 7.98. The van der Waals surface area contributed by atoms with Crippen molar-refractivity contribution < 1.29 is 0 Å². The second-order valence-electron chi connectivity index (χ2n) is 2.46. The lowest BCUT2D eigenvalue weighted by molar-refractivity contribution is 0.771. The van der Waals surface area contributed by atoms with Gasteiger partial charge in [0.05, 0.1) is 0 Å². The molecule has 0 aliphatic carbocycles. The largest absolute Gasteiger partial charge is 0.288 e. The van der Waals surface area contributed by atoms with Gasteiger partial charge in [-0.05, 0) is 13.2 Å². The quantitative estimate of drug-likeness (QED) is 0.643. The Morgan fingerprint density at radius 1 is 1.46 bits per heavy atom. The maximum absolute atomic E-state index is 11.1. The Morgan fingerprint density at radius 2 is 2.23 bits per heavy atom. The first kappa shape index (κ1) is 8.24. The predicted molar refractivity (Wildman–Crippen MR) is 47.9 cm³/mol. The second kappa shape index (κ2) is 2.84. The van der Waals surface area contributed by atoms with E-state index in [0.717, 1.165) is 0 Å². The third-order valence-corrected chi connectivity index (χ3v) is 2.22. The van der Waals surface area contributed by atoms with E-state index in [0.29, 0.717) is 16.6 Å². The van der Waals surface area contributed by atoms with Crippen LogP contribution < -0.4 is 5.56 Å². The summed E-state index contributed by atoms with van der Waals surface area (Å²) < 4.78 is 1.52. The van der Waals surface area contributed by atoms with Crippen molar-refractivity contribution >= 4 is 17.5 Å². The zero-order valence-corrected chi connectivity index (χ0v) is 7.92. The molecule has 68 valence electrons. The van der Waals surface area contributed by atoms with Crippen LogP contribution in [0.15, 0.2) is 9.95 Å². The van der Waals surface area contributed by atoms with Crippen LogP contribution in [0.25, 0.3) is 5.78 Å². The molecule has 1 N–H and O–H groups in total. The van der Waals surface area contributed by atoms with Crippen LogP contribution in [0.1, 0.15) is 5.69 Å². The van der Waals surface area contributed by atoms with Crippen LogP contribution in [0, 0.1) is 6.92 Å². The van der Waals surface area contributed by atoms with E-state index in [-0.39, 0.29) is 5.56 Å². The van der Waals surface area contributed by atoms with Crippen molar-refractivity contribution in [2.24, 2.45) is 0 Å². The summed E-state index contributed by atoms with van der Waals surface area (Å²) in [6, 6.07) is 0. The third-order valence-electron chi connectivity index (χ3n) is 1.60. The lowest BCUT2D eigenvalue weighted by atomic mass is 10.5. The van der Waals surface area contributed by atoms with Crippen LogP contribution in [0.2, 0.25) is 0 Å². The number of rotatable bonds is 1. The fourth-order valence-corrected chi connectivity index (χ4v) is 1.37. The minimum Gasteiger partial charge on any atom is -0.288 e. The molecule has 0 radical (unpaired) electrons. The number of thioether (sulfide) groups is 1. The molecule has 13 heavy (non-hydrogen) atoms. The van der Waals surface area contributed by atoms with Crippen molar-refractivity contribution in [3.05, 3.63) is 16.0 Å². The highest BCUT2D eigenvalue weighted by Crippen LogP contribution is 2.09. The van der Waals surface area contributed by atoms with E-state index in [9.17, 15) is 4.79 Å². The maximum atomic E-state index is 11.1. The molecule has 2 heterocycles. The standard InChI is InChI=1S/C6H7N5OS/c1-3-4(12)7-5-8-9-6(13-2)11(5)10-3/h1-2H3,(H,7,8,12). The van der Waals surface area contributed by atoms with Gasteiger partial charge in [-0.15, -0.1) is 10.2 Å². The van der Waals surface area contributed by atoms with E-state index in [4.69, 9.17) is 0 Å². The molecule has 6 nitrogen and oxygen atoms in total. The summed E-state index contributed by atoms with van der Waals surface area (Å²) in [5.74, 6) is 0.375. The molecule has 2 aromatic rings. The van der Waals surface area contributed by atoms with Crippen LogP contribution in [-0.2, 0) is 0 Å². The van der Waals surface area contributed by atoms with Crippen LogP contribution in [-0.4, -0.2) is 31.1 Å². The predicted octanol–water partition coefficient (Wildman–Crippen LogP) is -0.157. The Bertz CT molecular complexity index is 501. The van der Waals surface area contributed by atoms with Crippen molar-refractivity contribution in [2.75, 3.05) is 6.26 Å². The van der Waals surface area contributed by atoms with Gasteiger partial charge in [0.25, 0.3) is 11.3 Å². The molecule has 0 atom stereocenters. The van der Waals surface area contributed by atoms with Crippen molar-refractivity contribution in [3.8, 4) is 0 Å². The average molecular weight is 197 g/mol. The van der Waals surface area contributed by atoms with Crippen molar-refractivity contribution in [3.63, 3.8) is 0 Å². The van der Waals surface area contributed by atoms with E-state index >= 15 is 0 Å². The number of nitrogens with zero attached hydrogens (tertiary/aromatic N) is 4. The van der Waals surface area contributed by atoms with Gasteiger partial charge >= 0.3 is 0 Å². The molecule has 0 aliphatic rings. The SMILES string of the molecule is CSc1nnc2[nH]c(=O)c(C)nn12. The Kier molecular flexibility index (Phi) is 1.80. The van der Waals surface area contributed by atoms with E-state index in [1.807, 2.05) is 6.26 Å². The van der Waals surface area contributed by atoms with E-state index < -0.39 is 0 Å². The van der Waals surface area contributed by atoms with Gasteiger partial charge in [-0.25, -0.2) is 0 Å². The van der Waals surface area contributed by atoms with E-state index in [2.05, 4.69) is 20.3 Å². The third kappa shape index (κ3) is 1.21. The first-order valence-corrected chi connectivity index (χ1v) is 4.81. The van der Waals surface area contributed by atoms with Crippen LogP contribution in [0.5, 0.6) is 0 Å². The topological polar surface area (TPSA) is 75.9 Å². The van der Waals surface area contributed by atoms with E-state index in [1.165, 1.54) is 16.3 Å². The number of aromatic nitrogens is 5. The molecule has 2 rings (SSSR count). The number of hydrogen-bond donors (Lipinski definition) is 1. The van der Waals surface area contributed by atoms with E-state index in [1.54, 1.807) is 6.92 Å². The molecule has 0 aliphatic heterocycles. The van der Waals surface area contributed by atoms with Crippen molar-refractivity contribution in [1.82, 2.24) is 24.8 Å². The number of aryl methyl sites for hydroxylation is 1. The zero-order chi connectivity index (χ0) is 9.42. The van der Waals surface area contributed by atoms with Gasteiger partial charge in [-0.1, -0.05) is 11.8 Å². The van der Waals surface area contributed by atoms with Gasteiger partial charge in [-0.3, -0.25) is 9.78 Å². The molecule has 0 unspecified atom stereocenters. The van der Waals surface area contributed by atoms with Gasteiger partial charge in [0.2, 0.25) is 5.16 Å². The first-order chi connectivity index (χ1) is 6.22. The van der Waals surface area contributed by atoms with Crippen molar-refractivity contribution in [2.45, 2.75) is 12.1 Å². The van der Waals surface area contributed by atoms with Crippen molar-refractivity contribution in [1.29, 1.82) is 0 Å². The molecule has 0 saturated heterocycles. The molecule has 0 aromatic carbocycles.